The largest absolute Gasteiger partial charge is 0.481 e. The van der Waals surface area contributed by atoms with Gasteiger partial charge in [0.15, 0.2) is 6.10 Å². The molecule has 2 aromatic carbocycles. The van der Waals surface area contributed by atoms with Crippen molar-refractivity contribution in [3.8, 4) is 5.75 Å². The predicted octanol–water partition coefficient (Wildman–Crippen LogP) is 2.87. The summed E-state index contributed by atoms with van der Waals surface area (Å²) in [5.41, 5.74) is 1.08. The van der Waals surface area contributed by atoms with Gasteiger partial charge in [0.2, 0.25) is 0 Å². The Morgan fingerprint density at radius 1 is 1.17 bits per heavy atom. The number of nitrogens with one attached hydrogen (secondary N) is 1. The van der Waals surface area contributed by atoms with Crippen molar-refractivity contribution in [2.75, 3.05) is 18.5 Å². The molecule has 2 aliphatic heterocycles. The summed E-state index contributed by atoms with van der Waals surface area (Å²) >= 11 is 0. The van der Waals surface area contributed by atoms with E-state index < -0.39 is 6.10 Å². The van der Waals surface area contributed by atoms with E-state index in [9.17, 15) is 14.4 Å². The number of hydrogen-bond acceptors (Lipinski definition) is 5. The molecule has 0 radical (unpaired) electrons. The molecule has 29 heavy (non-hydrogen) atoms. The smallest absolute Gasteiger partial charge is 0.265 e. The number of hydrogen-bond donors (Lipinski definition) is 1. The second-order valence-corrected chi connectivity index (χ2v) is 7.18. The maximum atomic E-state index is 12.7. The van der Waals surface area contributed by atoms with Gasteiger partial charge in [0.25, 0.3) is 17.7 Å². The molecule has 0 saturated carbocycles. The number of amides is 3. The number of carbonyl (C=O) groups excluding carboxylic acids is 3. The number of para-hydroxylation sites is 1. The van der Waals surface area contributed by atoms with E-state index in [2.05, 4.69) is 5.32 Å². The van der Waals surface area contributed by atoms with E-state index in [4.69, 9.17) is 9.47 Å². The van der Waals surface area contributed by atoms with E-state index >= 15 is 0 Å². The van der Waals surface area contributed by atoms with Crippen molar-refractivity contribution in [1.29, 1.82) is 0 Å². The van der Waals surface area contributed by atoms with Crippen LogP contribution < -0.4 is 10.1 Å². The van der Waals surface area contributed by atoms with Crippen molar-refractivity contribution in [3.63, 3.8) is 0 Å². The van der Waals surface area contributed by atoms with Crippen LogP contribution in [-0.2, 0) is 9.53 Å². The summed E-state index contributed by atoms with van der Waals surface area (Å²) in [7, 11) is 0. The van der Waals surface area contributed by atoms with Crippen LogP contribution in [0, 0.1) is 0 Å². The molecular weight excluding hydrogens is 372 g/mol. The molecular formula is C22H22N2O5. The SMILES string of the molecule is CC(Oc1ccccc1)C(=O)Nc1ccc2c(c1)C(=O)N(CC1CCCO1)C2=O. The van der Waals surface area contributed by atoms with Gasteiger partial charge in [0.1, 0.15) is 5.75 Å². The van der Waals surface area contributed by atoms with Gasteiger partial charge in [-0.05, 0) is 50.1 Å². The molecule has 2 aromatic rings. The summed E-state index contributed by atoms with van der Waals surface area (Å²) in [6, 6.07) is 13.8. The highest BCUT2D eigenvalue weighted by atomic mass is 16.5. The summed E-state index contributed by atoms with van der Waals surface area (Å²) in [6.45, 7) is 2.57. The number of fused-ring (bicyclic) bond motifs is 1. The summed E-state index contributed by atoms with van der Waals surface area (Å²) < 4.78 is 11.2. The molecule has 7 heteroatoms. The molecule has 0 bridgehead atoms. The summed E-state index contributed by atoms with van der Waals surface area (Å²) in [5, 5.41) is 2.74. The molecule has 0 aliphatic carbocycles. The van der Waals surface area contributed by atoms with Crippen molar-refractivity contribution in [2.45, 2.75) is 32.0 Å². The summed E-state index contributed by atoms with van der Waals surface area (Å²) in [5.74, 6) is -0.430. The Morgan fingerprint density at radius 2 is 1.93 bits per heavy atom. The number of nitrogens with zero attached hydrogens (tertiary/aromatic N) is 1. The average molecular weight is 394 g/mol. The van der Waals surface area contributed by atoms with Crippen LogP contribution >= 0.6 is 0 Å². The van der Waals surface area contributed by atoms with Crippen LogP contribution in [-0.4, -0.2) is 48.0 Å². The minimum absolute atomic E-state index is 0.104. The zero-order chi connectivity index (χ0) is 20.4. The van der Waals surface area contributed by atoms with Crippen molar-refractivity contribution in [2.24, 2.45) is 0 Å². The topological polar surface area (TPSA) is 84.9 Å². The van der Waals surface area contributed by atoms with Crippen LogP contribution in [0.15, 0.2) is 48.5 Å². The highest BCUT2D eigenvalue weighted by molar-refractivity contribution is 6.22. The Hall–Kier alpha value is -3.19. The first-order valence-corrected chi connectivity index (χ1v) is 9.67. The van der Waals surface area contributed by atoms with Crippen LogP contribution in [0.4, 0.5) is 5.69 Å². The summed E-state index contributed by atoms with van der Waals surface area (Å²) in [6.07, 6.45) is 0.952. The monoisotopic (exact) mass is 394 g/mol. The van der Waals surface area contributed by atoms with Gasteiger partial charge in [-0.2, -0.15) is 0 Å². The quantitative estimate of drug-likeness (QED) is 0.762. The van der Waals surface area contributed by atoms with Crippen molar-refractivity contribution in [1.82, 2.24) is 4.90 Å². The van der Waals surface area contributed by atoms with Crippen LogP contribution in [0.5, 0.6) is 5.75 Å². The second-order valence-electron chi connectivity index (χ2n) is 7.18. The van der Waals surface area contributed by atoms with E-state index in [1.807, 2.05) is 18.2 Å². The van der Waals surface area contributed by atoms with E-state index in [0.717, 1.165) is 12.8 Å². The van der Waals surface area contributed by atoms with Gasteiger partial charge in [-0.1, -0.05) is 18.2 Å². The first-order chi connectivity index (χ1) is 14.0. The zero-order valence-electron chi connectivity index (χ0n) is 16.1. The van der Waals surface area contributed by atoms with Crippen LogP contribution in [0.2, 0.25) is 0 Å². The summed E-state index contributed by atoms with van der Waals surface area (Å²) in [4.78, 5) is 39.0. The standard InChI is InChI=1S/C22H22N2O5/c1-14(29-16-6-3-2-4-7-16)20(25)23-15-9-10-18-19(12-15)22(27)24(21(18)26)13-17-8-5-11-28-17/h2-4,6-7,9-10,12,14,17H,5,8,11,13H2,1H3,(H,23,25). The maximum absolute atomic E-state index is 12.7. The highest BCUT2D eigenvalue weighted by Gasteiger charge is 2.37. The van der Waals surface area contributed by atoms with Gasteiger partial charge in [-0.15, -0.1) is 0 Å². The van der Waals surface area contributed by atoms with E-state index in [0.29, 0.717) is 29.2 Å². The highest BCUT2D eigenvalue weighted by Crippen LogP contribution is 2.27. The van der Waals surface area contributed by atoms with Gasteiger partial charge >= 0.3 is 0 Å². The molecule has 7 nitrogen and oxygen atoms in total. The molecule has 0 aromatic heterocycles. The second kappa shape index (κ2) is 8.05. The minimum atomic E-state index is -0.723. The number of benzene rings is 2. The first-order valence-electron chi connectivity index (χ1n) is 9.67. The third-order valence-corrected chi connectivity index (χ3v) is 5.07. The Bertz CT molecular complexity index is 937. The number of carbonyl (C=O) groups is 3. The first kappa shape index (κ1) is 19.1. The molecule has 3 amide bonds. The molecule has 4 rings (SSSR count). The molecule has 0 spiro atoms. The number of anilines is 1. The van der Waals surface area contributed by atoms with Gasteiger partial charge in [0, 0.05) is 12.3 Å². The van der Waals surface area contributed by atoms with Crippen LogP contribution in [0.1, 0.15) is 40.5 Å². The molecule has 2 aliphatic rings. The van der Waals surface area contributed by atoms with Crippen molar-refractivity contribution < 1.29 is 23.9 Å². The van der Waals surface area contributed by atoms with Gasteiger partial charge < -0.3 is 14.8 Å². The van der Waals surface area contributed by atoms with Gasteiger partial charge in [-0.25, -0.2) is 0 Å². The third-order valence-electron chi connectivity index (χ3n) is 5.07. The van der Waals surface area contributed by atoms with Gasteiger partial charge in [0.05, 0.1) is 23.8 Å². The fourth-order valence-corrected chi connectivity index (χ4v) is 3.53. The molecule has 1 N–H and O–H groups in total. The molecule has 2 heterocycles. The molecule has 1 saturated heterocycles. The lowest BCUT2D eigenvalue weighted by molar-refractivity contribution is -0.122. The fraction of sp³-hybridized carbons (Fsp3) is 0.318. The minimum Gasteiger partial charge on any atom is -0.481 e. The fourth-order valence-electron chi connectivity index (χ4n) is 3.53. The van der Waals surface area contributed by atoms with Crippen molar-refractivity contribution >= 4 is 23.4 Å². The Kier molecular flexibility index (Phi) is 5.31. The predicted molar refractivity (Wildman–Crippen MR) is 106 cm³/mol. The number of imide groups is 1. The van der Waals surface area contributed by atoms with Crippen LogP contribution in [0.25, 0.3) is 0 Å². The Morgan fingerprint density at radius 3 is 2.66 bits per heavy atom. The lowest BCUT2D eigenvalue weighted by atomic mass is 10.1. The number of rotatable bonds is 6. The molecule has 2 atom stereocenters. The third kappa shape index (κ3) is 4.00. The molecule has 1 fully saturated rings. The van der Waals surface area contributed by atoms with Gasteiger partial charge in [-0.3, -0.25) is 19.3 Å². The Balaban J connectivity index is 1.43. The van der Waals surface area contributed by atoms with Crippen LogP contribution in [0.3, 0.4) is 0 Å². The lowest BCUT2D eigenvalue weighted by Gasteiger charge is -2.17. The number of ether oxygens (including phenoxy) is 2. The zero-order valence-corrected chi connectivity index (χ0v) is 16.1. The molecule has 2 unspecified atom stereocenters. The van der Waals surface area contributed by atoms with E-state index in [-0.39, 0.29) is 30.4 Å². The normalized spacial score (nSPS) is 19.2. The van der Waals surface area contributed by atoms with E-state index in [1.54, 1.807) is 31.2 Å². The lowest BCUT2D eigenvalue weighted by Crippen LogP contribution is -2.36. The Labute approximate surface area is 168 Å². The van der Waals surface area contributed by atoms with Crippen molar-refractivity contribution in [3.05, 3.63) is 59.7 Å². The van der Waals surface area contributed by atoms with E-state index in [1.165, 1.54) is 11.0 Å². The molecule has 150 valence electrons. The average Bonchev–Trinajstić information content (AvgIpc) is 3.32. The maximum Gasteiger partial charge on any atom is 0.265 e.